The van der Waals surface area contributed by atoms with Crippen LogP contribution in [0.4, 0.5) is 14.5 Å². The lowest BCUT2D eigenvalue weighted by molar-refractivity contribution is -0.151. The fraction of sp³-hybridized carbons (Fsp3) is 0.556. The van der Waals surface area contributed by atoms with E-state index >= 15 is 0 Å². The number of benzene rings is 1. The highest BCUT2D eigenvalue weighted by molar-refractivity contribution is 5.91. The second kappa shape index (κ2) is 11.5. The highest BCUT2D eigenvalue weighted by atomic mass is 19.3. The Morgan fingerprint density at radius 3 is 1.67 bits per heavy atom. The first-order valence-corrected chi connectivity index (χ1v) is 7.93. The number of nitrogens with zero attached hydrogens (tertiary/aromatic N) is 2. The summed E-state index contributed by atoms with van der Waals surface area (Å²) in [5, 5.41) is 0. The van der Waals surface area contributed by atoms with Crippen molar-refractivity contribution < 1.29 is 18.4 Å². The molecule has 0 bridgehead atoms. The minimum Gasteiger partial charge on any atom is -0.344 e. The first-order chi connectivity index (χ1) is 11.0. The zero-order valence-electron chi connectivity index (χ0n) is 15.9. The molecule has 0 aliphatic heterocycles. The quantitative estimate of drug-likeness (QED) is 0.824. The maximum Gasteiger partial charge on any atom is 0.322 e. The van der Waals surface area contributed by atoms with E-state index in [2.05, 4.69) is 0 Å². The predicted molar refractivity (Wildman–Crippen MR) is 95.4 cm³/mol. The van der Waals surface area contributed by atoms with Gasteiger partial charge in [0.25, 0.3) is 5.91 Å². The van der Waals surface area contributed by atoms with E-state index in [-0.39, 0.29) is 11.9 Å². The van der Waals surface area contributed by atoms with Crippen LogP contribution in [0, 0.1) is 0 Å². The fourth-order valence-electron chi connectivity index (χ4n) is 1.82. The topological polar surface area (TPSA) is 40.6 Å². The Labute approximate surface area is 144 Å². The summed E-state index contributed by atoms with van der Waals surface area (Å²) in [6, 6.07) is 9.92. The second-order valence-corrected chi connectivity index (χ2v) is 5.41. The zero-order valence-corrected chi connectivity index (χ0v) is 15.9. The molecule has 2 amide bonds. The second-order valence-electron chi connectivity index (χ2n) is 5.41. The number of hydrogen-bond acceptors (Lipinski definition) is 2. The zero-order chi connectivity index (χ0) is 19.5. The van der Waals surface area contributed by atoms with Crippen LogP contribution in [-0.4, -0.2) is 42.8 Å². The molecule has 0 aliphatic rings. The molecule has 0 spiro atoms. The lowest BCUT2D eigenvalue weighted by Crippen LogP contribution is -2.36. The molecule has 0 aliphatic carbocycles. The van der Waals surface area contributed by atoms with Gasteiger partial charge in [0.1, 0.15) is 0 Å². The number of rotatable bonds is 3. The largest absolute Gasteiger partial charge is 0.344 e. The molecule has 0 radical (unpaired) electrons. The standard InChI is InChI=1S/C11H15NO.C5H9F2NO.C2H6/c1-9(2)12(10(3)13)11-7-5-4-6-8-11;1-5(6,7)4(9)8(2)3;1-2/h4-9H,1-3H3;1-3H3;1-2H3. The first-order valence-electron chi connectivity index (χ1n) is 7.93. The highest BCUT2D eigenvalue weighted by Crippen LogP contribution is 2.16. The van der Waals surface area contributed by atoms with Gasteiger partial charge in [-0.25, -0.2) is 0 Å². The van der Waals surface area contributed by atoms with E-state index in [4.69, 9.17) is 0 Å². The van der Waals surface area contributed by atoms with Gasteiger partial charge in [-0.15, -0.1) is 0 Å². The van der Waals surface area contributed by atoms with Gasteiger partial charge in [0.05, 0.1) is 0 Å². The molecular weight excluding hydrogens is 314 g/mol. The minimum atomic E-state index is -3.23. The van der Waals surface area contributed by atoms with Crippen LogP contribution in [0.3, 0.4) is 0 Å². The van der Waals surface area contributed by atoms with E-state index in [0.717, 1.165) is 10.6 Å². The molecule has 0 saturated heterocycles. The number of halogens is 2. The molecule has 0 saturated carbocycles. The van der Waals surface area contributed by atoms with Crippen LogP contribution in [0.25, 0.3) is 0 Å². The van der Waals surface area contributed by atoms with E-state index < -0.39 is 11.8 Å². The number of alkyl halides is 2. The van der Waals surface area contributed by atoms with Crippen molar-refractivity contribution in [3.05, 3.63) is 30.3 Å². The third-order valence-electron chi connectivity index (χ3n) is 2.67. The third kappa shape index (κ3) is 9.22. The average molecular weight is 344 g/mol. The molecule has 138 valence electrons. The van der Waals surface area contributed by atoms with Crippen molar-refractivity contribution in [1.29, 1.82) is 0 Å². The van der Waals surface area contributed by atoms with Crippen LogP contribution < -0.4 is 4.90 Å². The monoisotopic (exact) mass is 344 g/mol. The van der Waals surface area contributed by atoms with Crippen molar-refractivity contribution in [1.82, 2.24) is 4.90 Å². The van der Waals surface area contributed by atoms with Crippen molar-refractivity contribution in [3.8, 4) is 0 Å². The molecule has 0 heterocycles. The number of hydrogen-bond donors (Lipinski definition) is 0. The van der Waals surface area contributed by atoms with Crippen molar-refractivity contribution >= 4 is 17.5 Å². The Morgan fingerprint density at radius 2 is 1.46 bits per heavy atom. The van der Waals surface area contributed by atoms with Crippen LogP contribution in [-0.2, 0) is 9.59 Å². The van der Waals surface area contributed by atoms with Crippen molar-refractivity contribution in [3.63, 3.8) is 0 Å². The van der Waals surface area contributed by atoms with E-state index in [1.165, 1.54) is 14.1 Å². The van der Waals surface area contributed by atoms with Crippen molar-refractivity contribution in [2.45, 2.75) is 53.5 Å². The fourth-order valence-corrected chi connectivity index (χ4v) is 1.82. The number of amides is 2. The van der Waals surface area contributed by atoms with Gasteiger partial charge in [-0.2, -0.15) is 8.78 Å². The van der Waals surface area contributed by atoms with E-state index in [9.17, 15) is 18.4 Å². The maximum absolute atomic E-state index is 12.0. The normalized spacial score (nSPS) is 9.96. The van der Waals surface area contributed by atoms with Crippen LogP contribution in [0.1, 0.15) is 41.5 Å². The maximum atomic E-state index is 12.0. The highest BCUT2D eigenvalue weighted by Gasteiger charge is 2.33. The van der Waals surface area contributed by atoms with Crippen LogP contribution in [0.15, 0.2) is 30.3 Å². The Balaban J connectivity index is 0. The summed E-state index contributed by atoms with van der Waals surface area (Å²) in [7, 11) is 2.58. The predicted octanol–water partition coefficient (Wildman–Crippen LogP) is 4.20. The van der Waals surface area contributed by atoms with Crippen LogP contribution >= 0.6 is 0 Å². The Hall–Kier alpha value is -1.98. The summed E-state index contributed by atoms with van der Waals surface area (Å²) >= 11 is 0. The van der Waals surface area contributed by atoms with E-state index in [1.807, 2.05) is 58.0 Å². The number of carbonyl (C=O) groups excluding carboxylic acids is 2. The minimum absolute atomic E-state index is 0.0844. The molecule has 0 atom stereocenters. The van der Waals surface area contributed by atoms with Gasteiger partial charge in [-0.1, -0.05) is 32.0 Å². The summed E-state index contributed by atoms with van der Waals surface area (Å²) in [6.45, 7) is 10.2. The van der Waals surface area contributed by atoms with Gasteiger partial charge in [0, 0.05) is 39.7 Å². The SMILES string of the molecule is CC.CC(=O)N(c1ccccc1)C(C)C.CN(C)C(=O)C(C)(F)F. The lowest BCUT2D eigenvalue weighted by atomic mass is 10.2. The number of para-hydroxylation sites is 1. The third-order valence-corrected chi connectivity index (χ3v) is 2.67. The Bertz CT molecular complexity index is 484. The number of anilines is 1. The van der Waals surface area contributed by atoms with Gasteiger partial charge in [-0.3, -0.25) is 9.59 Å². The molecule has 6 heteroatoms. The Kier molecular flexibility index (Phi) is 11.7. The first kappa shape index (κ1) is 24.3. The molecule has 4 nitrogen and oxygen atoms in total. The molecule has 1 aromatic rings. The number of carbonyl (C=O) groups is 2. The molecular formula is C18H30F2N2O2. The molecule has 24 heavy (non-hydrogen) atoms. The molecule has 0 fully saturated rings. The van der Waals surface area contributed by atoms with Gasteiger partial charge in [-0.05, 0) is 26.0 Å². The summed E-state index contributed by atoms with van der Waals surface area (Å²) < 4.78 is 24.0. The average Bonchev–Trinajstić information content (AvgIpc) is 2.48. The Morgan fingerprint density at radius 1 is 1.04 bits per heavy atom. The van der Waals surface area contributed by atoms with Crippen molar-refractivity contribution in [2.75, 3.05) is 19.0 Å². The summed E-state index contributed by atoms with van der Waals surface area (Å²) in [5.74, 6) is -4.31. The van der Waals surface area contributed by atoms with E-state index in [0.29, 0.717) is 6.92 Å². The van der Waals surface area contributed by atoms with Gasteiger partial charge < -0.3 is 9.80 Å². The van der Waals surface area contributed by atoms with Gasteiger partial charge in [0.2, 0.25) is 5.91 Å². The summed E-state index contributed by atoms with van der Waals surface area (Å²) in [5.41, 5.74) is 0.963. The summed E-state index contributed by atoms with van der Waals surface area (Å²) in [4.78, 5) is 24.3. The van der Waals surface area contributed by atoms with Gasteiger partial charge >= 0.3 is 5.92 Å². The molecule has 0 aromatic heterocycles. The van der Waals surface area contributed by atoms with Gasteiger partial charge in [0.15, 0.2) is 0 Å². The van der Waals surface area contributed by atoms with Crippen LogP contribution in [0.2, 0.25) is 0 Å². The van der Waals surface area contributed by atoms with Crippen molar-refractivity contribution in [2.24, 2.45) is 0 Å². The molecule has 1 rings (SSSR count). The summed E-state index contributed by atoms with van der Waals surface area (Å²) in [6.07, 6.45) is 0. The van der Waals surface area contributed by atoms with Crippen LogP contribution in [0.5, 0.6) is 0 Å². The molecule has 1 aromatic carbocycles. The smallest absolute Gasteiger partial charge is 0.322 e. The lowest BCUT2D eigenvalue weighted by Gasteiger charge is -2.25. The molecule has 0 N–H and O–H groups in total. The molecule has 0 unspecified atom stereocenters. The van der Waals surface area contributed by atoms with E-state index in [1.54, 1.807) is 11.8 Å².